The number of benzene rings is 4. The van der Waals surface area contributed by atoms with Crippen LogP contribution in [0.2, 0.25) is 10.0 Å². The summed E-state index contributed by atoms with van der Waals surface area (Å²) in [6.07, 6.45) is 5.83. The van der Waals surface area contributed by atoms with Crippen molar-refractivity contribution in [2.45, 2.75) is 26.5 Å². The predicted molar refractivity (Wildman–Crippen MR) is 206 cm³/mol. The summed E-state index contributed by atoms with van der Waals surface area (Å²) < 4.78 is 23.0. The Kier molecular flexibility index (Phi) is 12.7. The fourth-order valence-corrected chi connectivity index (χ4v) is 6.31. The minimum atomic E-state index is -0.0223. The van der Waals surface area contributed by atoms with Gasteiger partial charge in [0, 0.05) is 61.9 Å². The Labute approximate surface area is 315 Å². The third-order valence-electron chi connectivity index (χ3n) is 8.77. The van der Waals surface area contributed by atoms with Crippen molar-refractivity contribution in [2.75, 3.05) is 39.9 Å². The van der Waals surface area contributed by atoms with Crippen molar-refractivity contribution < 1.29 is 23.7 Å². The number of hydrogen-bond acceptors (Lipinski definition) is 7. The van der Waals surface area contributed by atoms with Gasteiger partial charge in [0.15, 0.2) is 5.75 Å². The number of piperazine rings is 1. The van der Waals surface area contributed by atoms with E-state index >= 15 is 0 Å². The number of ether oxygens (including phenoxy) is 4. The number of carbonyl (C=O) groups excluding carboxylic acids is 1. The summed E-state index contributed by atoms with van der Waals surface area (Å²) in [5.74, 6) is 3.17. The van der Waals surface area contributed by atoms with Crippen LogP contribution < -0.4 is 18.9 Å². The Morgan fingerprint density at radius 1 is 0.808 bits per heavy atom. The molecule has 0 unspecified atom stereocenters. The van der Waals surface area contributed by atoms with Crippen LogP contribution in [0.15, 0.2) is 109 Å². The van der Waals surface area contributed by atoms with Gasteiger partial charge in [0.1, 0.15) is 23.9 Å². The average molecular weight is 739 g/mol. The van der Waals surface area contributed by atoms with Crippen LogP contribution in [0.3, 0.4) is 0 Å². The second kappa shape index (κ2) is 18.0. The maximum Gasteiger partial charge on any atom is 0.246 e. The second-order valence-corrected chi connectivity index (χ2v) is 13.3. The van der Waals surface area contributed by atoms with Crippen LogP contribution >= 0.6 is 23.2 Å². The molecule has 0 N–H and O–H groups in total. The third kappa shape index (κ3) is 10.3. The fourth-order valence-electron chi connectivity index (χ4n) is 5.80. The first-order valence-electron chi connectivity index (χ1n) is 17.2. The zero-order valence-electron chi connectivity index (χ0n) is 29.3. The summed E-state index contributed by atoms with van der Waals surface area (Å²) >= 11 is 12.8. The summed E-state index contributed by atoms with van der Waals surface area (Å²) in [5, 5.41) is 1.08. The Bertz CT molecular complexity index is 1940. The number of hydrogen-bond donors (Lipinski definition) is 0. The lowest BCUT2D eigenvalue weighted by Crippen LogP contribution is -2.47. The van der Waals surface area contributed by atoms with Crippen LogP contribution in [0, 0.1) is 6.92 Å². The number of aromatic nitrogens is 1. The molecule has 1 aliphatic rings. The predicted octanol–water partition coefficient (Wildman–Crippen LogP) is 9.06. The topological polar surface area (TPSA) is 73.4 Å². The summed E-state index contributed by atoms with van der Waals surface area (Å²) in [6, 6.07) is 31.1. The van der Waals surface area contributed by atoms with Crippen LogP contribution in [-0.4, -0.2) is 60.6 Å². The highest BCUT2D eigenvalue weighted by Gasteiger charge is 2.20. The molecule has 5 aromatic rings. The number of amides is 1. The molecule has 1 saturated heterocycles. The molecule has 0 saturated carbocycles. The molecule has 6 rings (SSSR count). The molecule has 0 bridgehead atoms. The first-order chi connectivity index (χ1) is 25.3. The van der Waals surface area contributed by atoms with E-state index in [9.17, 15) is 4.79 Å². The molecule has 0 radical (unpaired) electrons. The van der Waals surface area contributed by atoms with Gasteiger partial charge >= 0.3 is 0 Å². The van der Waals surface area contributed by atoms with Gasteiger partial charge < -0.3 is 23.8 Å². The summed E-state index contributed by atoms with van der Waals surface area (Å²) in [5.41, 5.74) is 4.95. The summed E-state index contributed by atoms with van der Waals surface area (Å²) in [7, 11) is 1.67. The van der Waals surface area contributed by atoms with Crippen molar-refractivity contribution in [3.8, 4) is 28.9 Å². The molecule has 0 atom stereocenters. The highest BCUT2D eigenvalue weighted by atomic mass is 35.5. The van der Waals surface area contributed by atoms with E-state index in [2.05, 4.69) is 34.1 Å². The van der Waals surface area contributed by atoms with Gasteiger partial charge in [-0.2, -0.15) is 0 Å². The van der Waals surface area contributed by atoms with Gasteiger partial charge in [0.05, 0.1) is 24.9 Å². The van der Waals surface area contributed by atoms with E-state index in [1.165, 1.54) is 11.1 Å². The SMILES string of the molecule is COc1ccc(CCOc2ccc(CN3CCN(C(=O)C=Cc4cc(C)c(Oc5ccc(OCc6ccccc6Cl)cn5)c(Cl)c4)CC3)cc2)cc1. The van der Waals surface area contributed by atoms with Crippen LogP contribution in [0.1, 0.15) is 27.8 Å². The normalized spacial score (nSPS) is 13.3. The smallest absolute Gasteiger partial charge is 0.246 e. The van der Waals surface area contributed by atoms with E-state index in [1.807, 2.05) is 66.4 Å². The molecular formula is C42H41Cl2N3O5. The van der Waals surface area contributed by atoms with Crippen molar-refractivity contribution in [2.24, 2.45) is 0 Å². The first kappa shape index (κ1) is 36.8. The number of carbonyl (C=O) groups is 1. The maximum absolute atomic E-state index is 13.0. The van der Waals surface area contributed by atoms with Gasteiger partial charge in [-0.1, -0.05) is 65.7 Å². The van der Waals surface area contributed by atoms with E-state index < -0.39 is 0 Å². The van der Waals surface area contributed by atoms with E-state index in [0.29, 0.717) is 53.7 Å². The van der Waals surface area contributed by atoms with E-state index in [1.54, 1.807) is 43.7 Å². The molecule has 10 heteroatoms. The lowest BCUT2D eigenvalue weighted by atomic mass is 10.1. The number of methoxy groups -OCH3 is 1. The van der Waals surface area contributed by atoms with Crippen LogP contribution in [0.5, 0.6) is 28.9 Å². The monoisotopic (exact) mass is 737 g/mol. The van der Waals surface area contributed by atoms with Crippen molar-refractivity contribution in [1.82, 2.24) is 14.8 Å². The molecule has 1 aromatic heterocycles. The van der Waals surface area contributed by atoms with Crippen LogP contribution in [0.25, 0.3) is 6.08 Å². The van der Waals surface area contributed by atoms with Crippen LogP contribution in [-0.2, 0) is 24.4 Å². The Balaban J connectivity index is 0.929. The molecule has 1 amide bonds. The summed E-state index contributed by atoms with van der Waals surface area (Å²) in [4.78, 5) is 21.7. The molecule has 0 spiro atoms. The molecule has 268 valence electrons. The number of rotatable bonds is 14. The number of halogens is 2. The lowest BCUT2D eigenvalue weighted by molar-refractivity contribution is -0.127. The zero-order valence-corrected chi connectivity index (χ0v) is 30.8. The van der Waals surface area contributed by atoms with Gasteiger partial charge in [0.2, 0.25) is 11.8 Å². The molecule has 4 aromatic carbocycles. The van der Waals surface area contributed by atoms with Gasteiger partial charge in [-0.15, -0.1) is 0 Å². The van der Waals surface area contributed by atoms with Crippen molar-refractivity contribution in [3.63, 3.8) is 0 Å². The van der Waals surface area contributed by atoms with Gasteiger partial charge in [-0.05, 0) is 83.8 Å². The maximum atomic E-state index is 13.0. The molecular weight excluding hydrogens is 697 g/mol. The van der Waals surface area contributed by atoms with Crippen LogP contribution in [0.4, 0.5) is 0 Å². The number of aryl methyl sites for hydroxylation is 1. The van der Waals surface area contributed by atoms with Crippen molar-refractivity contribution >= 4 is 35.2 Å². The van der Waals surface area contributed by atoms with E-state index in [-0.39, 0.29) is 5.91 Å². The number of pyridine rings is 1. The highest BCUT2D eigenvalue weighted by Crippen LogP contribution is 2.34. The first-order valence-corrected chi connectivity index (χ1v) is 17.9. The van der Waals surface area contributed by atoms with E-state index in [0.717, 1.165) is 54.2 Å². The second-order valence-electron chi connectivity index (χ2n) is 12.5. The molecule has 0 aliphatic carbocycles. The number of nitrogens with zero attached hydrogens (tertiary/aromatic N) is 3. The van der Waals surface area contributed by atoms with Crippen molar-refractivity contribution in [3.05, 3.63) is 147 Å². The minimum absolute atomic E-state index is 0.0223. The van der Waals surface area contributed by atoms with E-state index in [4.69, 9.17) is 42.1 Å². The molecule has 2 heterocycles. The molecule has 1 aliphatic heterocycles. The minimum Gasteiger partial charge on any atom is -0.497 e. The fraction of sp³-hybridized carbons (Fsp3) is 0.238. The van der Waals surface area contributed by atoms with Gasteiger partial charge in [0.25, 0.3) is 0 Å². The molecule has 1 fully saturated rings. The Morgan fingerprint density at radius 3 is 2.21 bits per heavy atom. The van der Waals surface area contributed by atoms with Gasteiger partial charge in [-0.25, -0.2) is 4.98 Å². The third-order valence-corrected chi connectivity index (χ3v) is 9.42. The summed E-state index contributed by atoms with van der Waals surface area (Å²) in [6.45, 7) is 6.62. The van der Waals surface area contributed by atoms with Gasteiger partial charge in [-0.3, -0.25) is 9.69 Å². The standard InChI is InChI=1S/C42H41Cl2N3O5/c1-30-25-33(26-39(44)42(30)52-40-17-16-37(27-45-40)51-29-34-5-3-4-6-38(34)43)11-18-41(48)47-22-20-46(21-23-47)28-32-9-14-36(15-10-32)50-24-19-31-7-12-35(49-2)13-8-31/h3-18,25-27H,19-24,28-29H2,1-2H3. The average Bonchev–Trinajstić information content (AvgIpc) is 3.17. The Hall–Kier alpha value is -5.02. The molecule has 52 heavy (non-hydrogen) atoms. The quantitative estimate of drug-likeness (QED) is 0.105. The Morgan fingerprint density at radius 2 is 1.52 bits per heavy atom. The lowest BCUT2D eigenvalue weighted by Gasteiger charge is -2.34. The molecule has 8 nitrogen and oxygen atoms in total. The van der Waals surface area contributed by atoms with Crippen molar-refractivity contribution in [1.29, 1.82) is 0 Å². The highest BCUT2D eigenvalue weighted by molar-refractivity contribution is 6.32. The zero-order chi connectivity index (χ0) is 36.3. The largest absolute Gasteiger partial charge is 0.497 e.